The second-order valence-corrected chi connectivity index (χ2v) is 6.76. The van der Waals surface area contributed by atoms with Gasteiger partial charge in [0.1, 0.15) is 11.4 Å². The van der Waals surface area contributed by atoms with E-state index in [-0.39, 0.29) is 35.7 Å². The van der Waals surface area contributed by atoms with Crippen molar-refractivity contribution in [2.24, 2.45) is 10.2 Å². The molecule has 1 aliphatic heterocycles. The number of phenols is 1. The number of carbonyl (C=O) groups excluding carboxylic acids is 4. The molecular formula is C21H20N4O6. The first-order chi connectivity index (χ1) is 14.8. The number of phenolic OH excluding ortho intramolecular Hbond substituents is 1. The number of benzene rings is 2. The molecule has 2 aromatic carbocycles. The van der Waals surface area contributed by atoms with Crippen molar-refractivity contribution in [3.05, 3.63) is 53.6 Å². The summed E-state index contributed by atoms with van der Waals surface area (Å²) in [4.78, 5) is 51.0. The van der Waals surface area contributed by atoms with Crippen LogP contribution in [0.3, 0.4) is 0 Å². The molecule has 0 saturated carbocycles. The summed E-state index contributed by atoms with van der Waals surface area (Å²) in [7, 11) is 0. The van der Waals surface area contributed by atoms with Gasteiger partial charge in [0.25, 0.3) is 11.8 Å². The van der Waals surface area contributed by atoms with Crippen LogP contribution in [0.2, 0.25) is 0 Å². The molecule has 3 amide bonds. The van der Waals surface area contributed by atoms with Gasteiger partial charge < -0.3 is 15.3 Å². The third-order valence-electron chi connectivity index (χ3n) is 4.38. The van der Waals surface area contributed by atoms with E-state index in [1.165, 1.54) is 37.3 Å². The molecule has 10 heteroatoms. The third kappa shape index (κ3) is 5.72. The normalized spacial score (nSPS) is 13.6. The molecule has 3 rings (SSSR count). The monoisotopic (exact) mass is 424 g/mol. The fourth-order valence-electron chi connectivity index (χ4n) is 2.76. The molecule has 2 N–H and O–H groups in total. The van der Waals surface area contributed by atoms with Gasteiger partial charge in [-0.05, 0) is 48.4 Å². The molecule has 1 heterocycles. The number of aromatic hydroxyl groups is 1. The minimum atomic E-state index is -0.836. The summed E-state index contributed by atoms with van der Waals surface area (Å²) in [6.45, 7) is 1.90. The number of amides is 3. The van der Waals surface area contributed by atoms with Crippen LogP contribution in [0.4, 0.5) is 11.4 Å². The highest BCUT2D eigenvalue weighted by Crippen LogP contribution is 2.29. The smallest absolute Gasteiger partial charge is 0.363 e. The average molecular weight is 424 g/mol. The quantitative estimate of drug-likeness (QED) is 0.518. The Hall–Kier alpha value is -4.08. The third-order valence-corrected chi connectivity index (χ3v) is 4.38. The van der Waals surface area contributed by atoms with Gasteiger partial charge in [0.15, 0.2) is 0 Å². The predicted octanol–water partition coefficient (Wildman–Crippen LogP) is 2.71. The number of nitrogens with zero attached hydrogens (tertiary/aromatic N) is 3. The zero-order chi connectivity index (χ0) is 22.4. The molecule has 1 aliphatic rings. The Morgan fingerprint density at radius 3 is 2.39 bits per heavy atom. The Morgan fingerprint density at radius 2 is 1.74 bits per heavy atom. The van der Waals surface area contributed by atoms with Crippen LogP contribution < -0.4 is 5.32 Å². The first-order valence-electron chi connectivity index (χ1n) is 9.49. The standard InChI is InChI=1S/C21H20N4O6/c1-13(26)22-11-10-14-2-7-18(27)17(12-14)24-23-16-5-3-15(4-6-16)21(30)31-25-19(28)8-9-20(25)29/h2-7,12,27H,8-11H2,1H3,(H,22,26)/b24-23+. The minimum absolute atomic E-state index is 0.0206. The fraction of sp³-hybridized carbons (Fsp3) is 0.238. The van der Waals surface area contributed by atoms with Crippen molar-refractivity contribution in [2.45, 2.75) is 26.2 Å². The number of azo groups is 1. The Bertz CT molecular complexity index is 1030. The van der Waals surface area contributed by atoms with E-state index < -0.39 is 17.8 Å². The summed E-state index contributed by atoms with van der Waals surface area (Å²) in [6, 6.07) is 10.7. The van der Waals surface area contributed by atoms with Crippen molar-refractivity contribution >= 4 is 35.1 Å². The zero-order valence-corrected chi connectivity index (χ0v) is 16.7. The van der Waals surface area contributed by atoms with E-state index in [1.807, 2.05) is 0 Å². The molecule has 0 bridgehead atoms. The molecule has 1 saturated heterocycles. The van der Waals surface area contributed by atoms with Gasteiger partial charge in [-0.3, -0.25) is 14.4 Å². The summed E-state index contributed by atoms with van der Waals surface area (Å²) in [5.74, 6) is -2.11. The number of nitrogens with one attached hydrogen (secondary N) is 1. The van der Waals surface area contributed by atoms with E-state index in [1.54, 1.807) is 12.1 Å². The second kappa shape index (κ2) is 9.61. The van der Waals surface area contributed by atoms with Gasteiger partial charge in [-0.2, -0.15) is 5.11 Å². The molecule has 10 nitrogen and oxygen atoms in total. The lowest BCUT2D eigenvalue weighted by Gasteiger charge is -2.12. The predicted molar refractivity (Wildman–Crippen MR) is 108 cm³/mol. The van der Waals surface area contributed by atoms with Crippen molar-refractivity contribution in [3.63, 3.8) is 0 Å². The SMILES string of the molecule is CC(=O)NCCc1ccc(O)c(/N=N/c2ccc(C(=O)ON3C(=O)CCC3=O)cc2)c1. The van der Waals surface area contributed by atoms with E-state index in [9.17, 15) is 24.3 Å². The first kappa shape index (κ1) is 21.6. The van der Waals surface area contributed by atoms with Crippen molar-refractivity contribution < 1.29 is 29.1 Å². The van der Waals surface area contributed by atoms with Gasteiger partial charge in [-0.1, -0.05) is 6.07 Å². The van der Waals surface area contributed by atoms with Crippen LogP contribution >= 0.6 is 0 Å². The first-order valence-corrected chi connectivity index (χ1v) is 9.49. The number of rotatable bonds is 7. The maximum absolute atomic E-state index is 12.1. The Labute approximate surface area is 177 Å². The van der Waals surface area contributed by atoms with E-state index in [0.29, 0.717) is 23.7 Å². The maximum Gasteiger partial charge on any atom is 0.363 e. The summed E-state index contributed by atoms with van der Waals surface area (Å²) in [6.07, 6.45) is 0.612. The van der Waals surface area contributed by atoms with E-state index in [2.05, 4.69) is 15.5 Å². The van der Waals surface area contributed by atoms with Crippen LogP contribution in [0.15, 0.2) is 52.7 Å². The highest BCUT2D eigenvalue weighted by Gasteiger charge is 2.33. The largest absolute Gasteiger partial charge is 0.506 e. The summed E-state index contributed by atoms with van der Waals surface area (Å²) in [5.41, 5.74) is 1.67. The zero-order valence-electron chi connectivity index (χ0n) is 16.7. The molecular weight excluding hydrogens is 404 g/mol. The molecule has 31 heavy (non-hydrogen) atoms. The molecule has 0 atom stereocenters. The lowest BCUT2D eigenvalue weighted by atomic mass is 10.1. The molecule has 2 aromatic rings. The van der Waals surface area contributed by atoms with Crippen LogP contribution in [0.5, 0.6) is 5.75 Å². The second-order valence-electron chi connectivity index (χ2n) is 6.76. The molecule has 0 spiro atoms. The van der Waals surface area contributed by atoms with Gasteiger partial charge in [-0.25, -0.2) is 4.79 Å². The van der Waals surface area contributed by atoms with Crippen LogP contribution in [0.1, 0.15) is 35.7 Å². The van der Waals surface area contributed by atoms with Crippen LogP contribution in [-0.4, -0.2) is 40.4 Å². The van der Waals surface area contributed by atoms with Gasteiger partial charge >= 0.3 is 5.97 Å². The van der Waals surface area contributed by atoms with E-state index >= 15 is 0 Å². The van der Waals surface area contributed by atoms with Crippen LogP contribution in [0.25, 0.3) is 0 Å². The molecule has 160 valence electrons. The van der Waals surface area contributed by atoms with Crippen LogP contribution in [0, 0.1) is 0 Å². The lowest BCUT2D eigenvalue weighted by Crippen LogP contribution is -2.32. The Morgan fingerprint density at radius 1 is 1.06 bits per heavy atom. The van der Waals surface area contributed by atoms with Gasteiger partial charge in [0, 0.05) is 26.3 Å². The average Bonchev–Trinajstić information content (AvgIpc) is 3.06. The topological polar surface area (TPSA) is 138 Å². The van der Waals surface area contributed by atoms with Gasteiger partial charge in [0.05, 0.1) is 11.3 Å². The molecule has 0 radical (unpaired) electrons. The number of imide groups is 1. The molecule has 0 unspecified atom stereocenters. The Kier molecular flexibility index (Phi) is 6.71. The van der Waals surface area contributed by atoms with Crippen molar-refractivity contribution in [2.75, 3.05) is 6.54 Å². The highest BCUT2D eigenvalue weighted by atomic mass is 16.7. The summed E-state index contributed by atoms with van der Waals surface area (Å²) in [5, 5.41) is 21.2. The van der Waals surface area contributed by atoms with E-state index in [0.717, 1.165) is 5.56 Å². The number of carbonyl (C=O) groups is 4. The minimum Gasteiger partial charge on any atom is -0.506 e. The number of hydrogen-bond acceptors (Lipinski definition) is 8. The summed E-state index contributed by atoms with van der Waals surface area (Å²) < 4.78 is 0. The van der Waals surface area contributed by atoms with Crippen molar-refractivity contribution in [1.29, 1.82) is 0 Å². The van der Waals surface area contributed by atoms with Crippen molar-refractivity contribution in [1.82, 2.24) is 10.4 Å². The fourth-order valence-corrected chi connectivity index (χ4v) is 2.76. The van der Waals surface area contributed by atoms with E-state index in [4.69, 9.17) is 4.84 Å². The van der Waals surface area contributed by atoms with Crippen molar-refractivity contribution in [3.8, 4) is 5.75 Å². The number of hydroxylamine groups is 2. The number of hydrogen-bond donors (Lipinski definition) is 2. The maximum atomic E-state index is 12.1. The van der Waals surface area contributed by atoms with Gasteiger partial charge in [-0.15, -0.1) is 10.2 Å². The highest BCUT2D eigenvalue weighted by molar-refractivity contribution is 6.02. The molecule has 0 aromatic heterocycles. The van der Waals surface area contributed by atoms with Crippen LogP contribution in [-0.2, 0) is 25.6 Å². The molecule has 0 aliphatic carbocycles. The summed E-state index contributed by atoms with van der Waals surface area (Å²) >= 11 is 0. The molecule has 1 fully saturated rings. The lowest BCUT2D eigenvalue weighted by molar-refractivity contribution is -0.172. The Balaban J connectivity index is 1.64. The van der Waals surface area contributed by atoms with Gasteiger partial charge in [0.2, 0.25) is 5.91 Å².